The number of carbonyl (C=O) groups excluding carboxylic acids is 2. The fraction of sp³-hybridized carbons (Fsp3) is 0.333. The fourth-order valence-corrected chi connectivity index (χ4v) is 5.00. The molecule has 32 heavy (non-hydrogen) atoms. The van der Waals surface area contributed by atoms with Crippen LogP contribution in [-0.2, 0) is 24.3 Å². The van der Waals surface area contributed by atoms with E-state index in [1.54, 1.807) is 13.0 Å². The number of amides is 1. The zero-order valence-electron chi connectivity index (χ0n) is 17.3. The molecule has 2 N–H and O–H groups in total. The molecule has 1 amide bonds. The van der Waals surface area contributed by atoms with Crippen LogP contribution >= 0.6 is 0 Å². The zero-order valence-corrected chi connectivity index (χ0v) is 18.2. The lowest BCUT2D eigenvalue weighted by molar-refractivity contribution is -0.150. The van der Waals surface area contributed by atoms with Crippen LogP contribution in [0.4, 0.5) is 14.5 Å². The Morgan fingerprint density at radius 3 is 2.56 bits per heavy atom. The Bertz CT molecular complexity index is 1150. The van der Waals surface area contributed by atoms with Crippen LogP contribution < -0.4 is 5.32 Å². The topological polar surface area (TPSA) is 113 Å². The smallest absolute Gasteiger partial charge is 0.325 e. The van der Waals surface area contributed by atoms with Gasteiger partial charge in [-0.15, -0.1) is 0 Å². The summed E-state index contributed by atoms with van der Waals surface area (Å²) in [6.45, 7) is 2.42. The molecule has 0 aliphatic carbocycles. The van der Waals surface area contributed by atoms with E-state index < -0.39 is 58.0 Å². The van der Waals surface area contributed by atoms with E-state index in [1.807, 2.05) is 6.92 Å². The van der Waals surface area contributed by atoms with Crippen molar-refractivity contribution in [3.05, 3.63) is 59.2 Å². The van der Waals surface area contributed by atoms with Crippen molar-refractivity contribution in [2.24, 2.45) is 0 Å². The van der Waals surface area contributed by atoms with Crippen molar-refractivity contribution in [3.63, 3.8) is 0 Å². The van der Waals surface area contributed by atoms with Crippen molar-refractivity contribution in [2.45, 2.75) is 37.3 Å². The number of nitrogens with one attached hydrogen (secondary N) is 1. The first-order chi connectivity index (χ1) is 15.0. The second kappa shape index (κ2) is 9.31. The van der Waals surface area contributed by atoms with E-state index in [0.717, 1.165) is 33.6 Å². The molecular weight excluding hydrogens is 446 g/mol. The van der Waals surface area contributed by atoms with Gasteiger partial charge in [-0.05, 0) is 49.2 Å². The van der Waals surface area contributed by atoms with Gasteiger partial charge in [0.1, 0.15) is 17.7 Å². The number of aryl methyl sites for hydroxylation is 2. The van der Waals surface area contributed by atoms with Crippen LogP contribution in [0.5, 0.6) is 0 Å². The number of esters is 1. The van der Waals surface area contributed by atoms with Gasteiger partial charge in [-0.3, -0.25) is 9.59 Å². The molecule has 0 radical (unpaired) electrons. The number of anilines is 1. The number of halogens is 2. The highest BCUT2D eigenvalue weighted by Crippen LogP contribution is 2.28. The van der Waals surface area contributed by atoms with E-state index in [-0.39, 0.29) is 17.9 Å². The summed E-state index contributed by atoms with van der Waals surface area (Å²) in [5.41, 5.74) is 1.20. The molecule has 1 aliphatic heterocycles. The highest BCUT2D eigenvalue weighted by molar-refractivity contribution is 7.89. The molecule has 1 aliphatic rings. The SMILES string of the molecule is Cc1ccc(S(=O)(=O)N2CC(O)CC2C(=O)OCC(=O)Nc2cc(F)ccc2F)cc1C. The Morgan fingerprint density at radius 2 is 1.88 bits per heavy atom. The summed E-state index contributed by atoms with van der Waals surface area (Å²) in [5.74, 6) is -3.63. The van der Waals surface area contributed by atoms with Gasteiger partial charge < -0.3 is 15.2 Å². The quantitative estimate of drug-likeness (QED) is 0.626. The van der Waals surface area contributed by atoms with E-state index in [0.29, 0.717) is 0 Å². The van der Waals surface area contributed by atoms with Crippen molar-refractivity contribution < 1.29 is 36.6 Å². The Kier molecular flexibility index (Phi) is 6.91. The molecule has 2 aromatic carbocycles. The summed E-state index contributed by atoms with van der Waals surface area (Å²) >= 11 is 0. The third-order valence-corrected chi connectivity index (χ3v) is 7.01. The van der Waals surface area contributed by atoms with Gasteiger partial charge in [0.25, 0.3) is 5.91 Å². The number of rotatable bonds is 6. The summed E-state index contributed by atoms with van der Waals surface area (Å²) < 4.78 is 58.7. The van der Waals surface area contributed by atoms with Crippen molar-refractivity contribution in [3.8, 4) is 0 Å². The van der Waals surface area contributed by atoms with Crippen molar-refractivity contribution >= 4 is 27.6 Å². The Morgan fingerprint density at radius 1 is 1.16 bits per heavy atom. The number of sulfonamides is 1. The van der Waals surface area contributed by atoms with Gasteiger partial charge in [-0.2, -0.15) is 4.31 Å². The van der Waals surface area contributed by atoms with Crippen molar-refractivity contribution in [1.82, 2.24) is 4.31 Å². The molecule has 0 aromatic heterocycles. The number of hydrogen-bond donors (Lipinski definition) is 2. The molecular formula is C21H22F2N2O6S. The Balaban J connectivity index is 1.70. The van der Waals surface area contributed by atoms with Gasteiger partial charge in [0, 0.05) is 19.0 Å². The van der Waals surface area contributed by atoms with Gasteiger partial charge in [0.05, 0.1) is 16.7 Å². The first-order valence-corrected chi connectivity index (χ1v) is 11.1. The Hall–Kier alpha value is -2.89. The number of carbonyl (C=O) groups is 2. The van der Waals surface area contributed by atoms with Crippen molar-refractivity contribution in [2.75, 3.05) is 18.5 Å². The zero-order chi connectivity index (χ0) is 23.6. The molecule has 2 unspecified atom stereocenters. The first kappa shape index (κ1) is 23.8. The minimum atomic E-state index is -4.12. The molecule has 0 saturated carbocycles. The number of aliphatic hydroxyl groups is 1. The van der Waals surface area contributed by atoms with E-state index in [9.17, 15) is 31.9 Å². The maximum absolute atomic E-state index is 13.6. The lowest BCUT2D eigenvalue weighted by atomic mass is 10.1. The van der Waals surface area contributed by atoms with E-state index in [4.69, 9.17) is 4.74 Å². The Labute approximate surface area is 183 Å². The third kappa shape index (κ3) is 5.12. The molecule has 8 nitrogen and oxygen atoms in total. The van der Waals surface area contributed by atoms with Crippen LogP contribution in [0.2, 0.25) is 0 Å². The average molecular weight is 468 g/mol. The van der Waals surface area contributed by atoms with Crippen LogP contribution in [0.25, 0.3) is 0 Å². The summed E-state index contributed by atoms with van der Waals surface area (Å²) in [6.07, 6.45) is -1.30. The summed E-state index contributed by atoms with van der Waals surface area (Å²) in [6, 6.07) is 5.64. The molecule has 2 atom stereocenters. The number of β-amino-alcohol motifs (C(OH)–C–C–N with tert-alkyl or cyclic N) is 1. The number of nitrogens with zero attached hydrogens (tertiary/aromatic N) is 1. The molecule has 172 valence electrons. The predicted octanol–water partition coefficient (Wildman–Crippen LogP) is 1.89. The number of benzene rings is 2. The molecule has 0 bridgehead atoms. The molecule has 1 heterocycles. The molecule has 2 aromatic rings. The van der Waals surface area contributed by atoms with Gasteiger partial charge in [-0.1, -0.05) is 6.07 Å². The highest BCUT2D eigenvalue weighted by atomic mass is 32.2. The minimum absolute atomic E-state index is 0.0353. The van der Waals surface area contributed by atoms with E-state index >= 15 is 0 Å². The third-order valence-electron chi connectivity index (χ3n) is 5.14. The standard InChI is InChI=1S/C21H22F2N2O6S/c1-12-3-5-16(7-13(12)2)32(29,30)25-10-15(26)9-19(25)21(28)31-11-20(27)24-18-8-14(22)4-6-17(18)23/h3-8,15,19,26H,9-11H2,1-2H3,(H,24,27). The number of hydrogen-bond acceptors (Lipinski definition) is 6. The van der Waals surface area contributed by atoms with Crippen LogP contribution in [0, 0.1) is 25.5 Å². The van der Waals surface area contributed by atoms with E-state index in [1.165, 1.54) is 12.1 Å². The first-order valence-electron chi connectivity index (χ1n) is 9.67. The number of aliphatic hydroxyl groups excluding tert-OH is 1. The average Bonchev–Trinajstić information content (AvgIpc) is 3.13. The second-order valence-corrected chi connectivity index (χ2v) is 9.40. The number of ether oxygens (including phenoxy) is 1. The van der Waals surface area contributed by atoms with Gasteiger partial charge in [0.15, 0.2) is 6.61 Å². The molecule has 3 rings (SSSR count). The van der Waals surface area contributed by atoms with E-state index in [2.05, 4.69) is 5.32 Å². The normalized spacial score (nSPS) is 19.0. The van der Waals surface area contributed by atoms with Crippen molar-refractivity contribution in [1.29, 1.82) is 0 Å². The van der Waals surface area contributed by atoms with Crippen LogP contribution in [0.3, 0.4) is 0 Å². The molecule has 1 saturated heterocycles. The molecule has 11 heteroatoms. The molecule has 0 spiro atoms. The van der Waals surface area contributed by atoms with Crippen LogP contribution in [-0.4, -0.2) is 55.0 Å². The van der Waals surface area contributed by atoms with Crippen LogP contribution in [0.15, 0.2) is 41.3 Å². The highest BCUT2D eigenvalue weighted by Gasteiger charge is 2.44. The van der Waals surface area contributed by atoms with Gasteiger partial charge >= 0.3 is 5.97 Å². The van der Waals surface area contributed by atoms with Gasteiger partial charge in [0.2, 0.25) is 10.0 Å². The van der Waals surface area contributed by atoms with Gasteiger partial charge in [-0.25, -0.2) is 17.2 Å². The maximum Gasteiger partial charge on any atom is 0.325 e. The minimum Gasteiger partial charge on any atom is -0.454 e. The maximum atomic E-state index is 13.6. The predicted molar refractivity (Wildman–Crippen MR) is 110 cm³/mol. The summed E-state index contributed by atoms with van der Waals surface area (Å²) in [4.78, 5) is 24.5. The monoisotopic (exact) mass is 468 g/mol. The largest absolute Gasteiger partial charge is 0.454 e. The summed E-state index contributed by atoms with van der Waals surface area (Å²) in [5, 5.41) is 12.1. The van der Waals surface area contributed by atoms with Crippen LogP contribution in [0.1, 0.15) is 17.5 Å². The molecule has 1 fully saturated rings. The summed E-state index contributed by atoms with van der Waals surface area (Å²) in [7, 11) is -4.12. The fourth-order valence-electron chi connectivity index (χ4n) is 3.29. The second-order valence-electron chi connectivity index (χ2n) is 7.51. The lowest BCUT2D eigenvalue weighted by Crippen LogP contribution is -2.42. The lowest BCUT2D eigenvalue weighted by Gasteiger charge is -2.22.